The van der Waals surface area contributed by atoms with E-state index in [-0.39, 0.29) is 17.3 Å². The standard InChI is InChI=1S/C17H16F3N5O2/c1-10-3-4-11(16(27,9-26)17(18,19)20)7-12(10)13-8-22-14(21)15(24-13)25-6-2-5-23-25/h2-8,26-27H,9H2,1H3,(H2,21,22). The number of hydrogen-bond acceptors (Lipinski definition) is 6. The molecule has 0 amide bonds. The summed E-state index contributed by atoms with van der Waals surface area (Å²) < 4.78 is 41.2. The normalized spacial score (nSPS) is 14.1. The van der Waals surface area contributed by atoms with Crippen molar-refractivity contribution >= 4 is 5.82 Å². The Morgan fingerprint density at radius 3 is 2.59 bits per heavy atom. The van der Waals surface area contributed by atoms with Crippen molar-refractivity contribution in [3.63, 3.8) is 0 Å². The van der Waals surface area contributed by atoms with Gasteiger partial charge in [-0.3, -0.25) is 0 Å². The third kappa shape index (κ3) is 3.24. The van der Waals surface area contributed by atoms with Gasteiger partial charge in [-0.05, 0) is 30.2 Å². The van der Waals surface area contributed by atoms with E-state index in [1.807, 2.05) is 0 Å². The number of anilines is 1. The van der Waals surface area contributed by atoms with Crippen molar-refractivity contribution in [3.8, 4) is 17.1 Å². The summed E-state index contributed by atoms with van der Waals surface area (Å²) in [4.78, 5) is 8.38. The molecule has 0 aliphatic rings. The highest BCUT2D eigenvalue weighted by Gasteiger charge is 2.54. The number of hydrogen-bond donors (Lipinski definition) is 3. The van der Waals surface area contributed by atoms with Gasteiger partial charge in [0.05, 0.1) is 18.5 Å². The van der Waals surface area contributed by atoms with Gasteiger partial charge in [-0.15, -0.1) is 0 Å². The van der Waals surface area contributed by atoms with E-state index in [4.69, 9.17) is 5.73 Å². The zero-order valence-electron chi connectivity index (χ0n) is 14.1. The Morgan fingerprint density at radius 1 is 1.26 bits per heavy atom. The van der Waals surface area contributed by atoms with Gasteiger partial charge in [0.15, 0.2) is 11.6 Å². The lowest BCUT2D eigenvalue weighted by Crippen LogP contribution is -2.45. The monoisotopic (exact) mass is 379 g/mol. The second kappa shape index (κ2) is 6.63. The molecule has 3 aromatic rings. The predicted octanol–water partition coefficient (Wildman–Crippen LogP) is 1.96. The molecule has 7 nitrogen and oxygen atoms in total. The van der Waals surface area contributed by atoms with Crippen molar-refractivity contribution in [2.24, 2.45) is 0 Å². The fourth-order valence-electron chi connectivity index (χ4n) is 2.58. The quantitative estimate of drug-likeness (QED) is 0.639. The molecule has 0 saturated carbocycles. The maximum atomic E-state index is 13.3. The maximum absolute atomic E-state index is 13.3. The molecule has 3 rings (SSSR count). The highest BCUT2D eigenvalue weighted by Crippen LogP contribution is 2.40. The van der Waals surface area contributed by atoms with Gasteiger partial charge in [0.25, 0.3) is 0 Å². The van der Waals surface area contributed by atoms with Gasteiger partial charge in [-0.1, -0.05) is 12.1 Å². The van der Waals surface area contributed by atoms with Crippen LogP contribution < -0.4 is 5.73 Å². The summed E-state index contributed by atoms with van der Waals surface area (Å²) in [5.41, 5.74) is 3.09. The average Bonchev–Trinajstić information content (AvgIpc) is 3.15. The molecule has 0 spiro atoms. The number of nitrogens with two attached hydrogens (primary N) is 1. The number of nitrogen functional groups attached to an aromatic ring is 1. The Balaban J connectivity index is 2.15. The smallest absolute Gasteiger partial charge is 0.393 e. The summed E-state index contributed by atoms with van der Waals surface area (Å²) in [7, 11) is 0. The number of halogens is 3. The van der Waals surface area contributed by atoms with Crippen LogP contribution in [0.1, 0.15) is 11.1 Å². The number of rotatable bonds is 4. The van der Waals surface area contributed by atoms with Crippen LogP contribution in [0.2, 0.25) is 0 Å². The van der Waals surface area contributed by atoms with Crippen LogP contribution in [0.4, 0.5) is 19.0 Å². The average molecular weight is 379 g/mol. The lowest BCUT2D eigenvalue weighted by Gasteiger charge is -2.29. The fourth-order valence-corrected chi connectivity index (χ4v) is 2.58. The number of benzene rings is 1. The number of nitrogens with zero attached hydrogens (tertiary/aromatic N) is 4. The van der Waals surface area contributed by atoms with Crippen LogP contribution in [0, 0.1) is 6.92 Å². The molecule has 0 aliphatic carbocycles. The minimum absolute atomic E-state index is 0.0958. The van der Waals surface area contributed by atoms with Gasteiger partial charge in [0, 0.05) is 18.0 Å². The third-order valence-corrected chi connectivity index (χ3v) is 4.19. The van der Waals surface area contributed by atoms with Gasteiger partial charge in [0.1, 0.15) is 0 Å². The Bertz CT molecular complexity index is 960. The second-order valence-electron chi connectivity index (χ2n) is 5.96. The third-order valence-electron chi connectivity index (χ3n) is 4.19. The first-order chi connectivity index (χ1) is 12.7. The van der Waals surface area contributed by atoms with Crippen LogP contribution >= 0.6 is 0 Å². The zero-order chi connectivity index (χ0) is 19.8. The van der Waals surface area contributed by atoms with Crippen LogP contribution in [-0.2, 0) is 5.60 Å². The van der Waals surface area contributed by atoms with Crippen LogP contribution in [0.25, 0.3) is 17.1 Å². The number of aliphatic hydroxyl groups is 2. The van der Waals surface area contributed by atoms with E-state index in [1.54, 1.807) is 19.2 Å². The van der Waals surface area contributed by atoms with E-state index >= 15 is 0 Å². The first-order valence-corrected chi connectivity index (χ1v) is 7.81. The van der Waals surface area contributed by atoms with E-state index in [0.29, 0.717) is 11.1 Å². The molecular formula is C17H16F3N5O2. The summed E-state index contributed by atoms with van der Waals surface area (Å²) in [5, 5.41) is 23.2. The van der Waals surface area contributed by atoms with Crippen molar-refractivity contribution in [2.45, 2.75) is 18.7 Å². The van der Waals surface area contributed by atoms with Crippen LogP contribution in [0.15, 0.2) is 42.9 Å². The Labute approximate surface area is 151 Å². The van der Waals surface area contributed by atoms with E-state index in [0.717, 1.165) is 12.1 Å². The van der Waals surface area contributed by atoms with Crippen molar-refractivity contribution < 1.29 is 23.4 Å². The molecule has 0 bridgehead atoms. The SMILES string of the molecule is Cc1ccc(C(O)(CO)C(F)(F)F)cc1-c1cnc(N)c(-n2cccn2)n1. The van der Waals surface area contributed by atoms with E-state index in [1.165, 1.54) is 23.1 Å². The Morgan fingerprint density at radius 2 is 2.00 bits per heavy atom. The van der Waals surface area contributed by atoms with E-state index in [2.05, 4.69) is 15.1 Å². The first-order valence-electron chi connectivity index (χ1n) is 7.81. The van der Waals surface area contributed by atoms with E-state index < -0.39 is 23.9 Å². The van der Waals surface area contributed by atoms with Crippen LogP contribution in [0.3, 0.4) is 0 Å². The summed E-state index contributed by atoms with van der Waals surface area (Å²) >= 11 is 0. The van der Waals surface area contributed by atoms with Gasteiger partial charge in [-0.2, -0.15) is 18.3 Å². The second-order valence-corrected chi connectivity index (χ2v) is 5.96. The van der Waals surface area contributed by atoms with Gasteiger partial charge in [0.2, 0.25) is 5.60 Å². The Kier molecular flexibility index (Phi) is 4.62. The van der Waals surface area contributed by atoms with Gasteiger partial charge in [-0.25, -0.2) is 14.6 Å². The molecule has 1 aromatic carbocycles. The molecule has 2 aromatic heterocycles. The topological polar surface area (TPSA) is 110 Å². The number of aromatic nitrogens is 4. The molecule has 2 heterocycles. The lowest BCUT2D eigenvalue weighted by atomic mass is 9.90. The predicted molar refractivity (Wildman–Crippen MR) is 90.8 cm³/mol. The molecule has 0 aliphatic heterocycles. The van der Waals surface area contributed by atoms with Crippen molar-refractivity contribution in [1.29, 1.82) is 0 Å². The first kappa shape index (κ1) is 18.8. The molecule has 142 valence electrons. The summed E-state index contributed by atoms with van der Waals surface area (Å²) in [6, 6.07) is 5.31. The summed E-state index contributed by atoms with van der Waals surface area (Å²) in [5.74, 6) is 0.314. The Hall–Kier alpha value is -2.98. The summed E-state index contributed by atoms with van der Waals surface area (Å²) in [6.07, 6.45) is -0.618. The van der Waals surface area contributed by atoms with Gasteiger partial charge < -0.3 is 15.9 Å². The zero-order valence-corrected chi connectivity index (χ0v) is 14.1. The molecule has 0 radical (unpaired) electrons. The molecule has 4 N–H and O–H groups in total. The van der Waals surface area contributed by atoms with Crippen molar-refractivity contribution in [1.82, 2.24) is 19.7 Å². The molecule has 0 saturated heterocycles. The summed E-state index contributed by atoms with van der Waals surface area (Å²) in [6.45, 7) is 0.168. The van der Waals surface area contributed by atoms with Crippen LogP contribution in [0.5, 0.6) is 0 Å². The molecule has 1 unspecified atom stereocenters. The molecule has 10 heteroatoms. The highest BCUT2D eigenvalue weighted by molar-refractivity contribution is 5.66. The highest BCUT2D eigenvalue weighted by atomic mass is 19.4. The lowest BCUT2D eigenvalue weighted by molar-refractivity contribution is -0.277. The minimum atomic E-state index is -5.05. The van der Waals surface area contributed by atoms with Crippen LogP contribution in [-0.4, -0.2) is 42.7 Å². The number of aryl methyl sites for hydroxylation is 1. The van der Waals surface area contributed by atoms with Gasteiger partial charge >= 0.3 is 6.18 Å². The molecular weight excluding hydrogens is 363 g/mol. The molecule has 0 fully saturated rings. The minimum Gasteiger partial charge on any atom is -0.393 e. The maximum Gasteiger partial charge on any atom is 0.423 e. The van der Waals surface area contributed by atoms with E-state index in [9.17, 15) is 23.4 Å². The number of alkyl halides is 3. The van der Waals surface area contributed by atoms with Crippen molar-refractivity contribution in [3.05, 3.63) is 54.0 Å². The fraction of sp³-hybridized carbons (Fsp3) is 0.235. The molecule has 27 heavy (non-hydrogen) atoms. The number of aliphatic hydroxyl groups excluding tert-OH is 1. The molecule has 1 atom stereocenters. The largest absolute Gasteiger partial charge is 0.423 e. The van der Waals surface area contributed by atoms with Crippen molar-refractivity contribution in [2.75, 3.05) is 12.3 Å².